The molecule has 3 atom stereocenters. The Hall–Kier alpha value is -3.32. The minimum atomic E-state index is -2.61. The highest BCUT2D eigenvalue weighted by atomic mass is 32.1. The molecule has 3 fully saturated rings. The normalized spacial score (nSPS) is 25.0. The van der Waals surface area contributed by atoms with E-state index in [0.717, 1.165) is 27.5 Å². The third-order valence-electron chi connectivity index (χ3n) is 8.81. The molecule has 214 valence electrons. The number of hydrogen-bond acceptors (Lipinski definition) is 7. The average molecular weight is 580 g/mol. The van der Waals surface area contributed by atoms with Crippen molar-refractivity contribution < 1.29 is 18.0 Å². The molecule has 6 rings (SSSR count). The maximum absolute atomic E-state index is 14.7. The quantitative estimate of drug-likeness (QED) is 0.292. The summed E-state index contributed by atoms with van der Waals surface area (Å²) in [6, 6.07) is 13.9. The van der Waals surface area contributed by atoms with E-state index in [9.17, 15) is 23.2 Å². The van der Waals surface area contributed by atoms with Crippen molar-refractivity contribution in [3.8, 4) is 27.2 Å². The number of piperidine rings is 1. The van der Waals surface area contributed by atoms with Crippen LogP contribution >= 0.6 is 11.3 Å². The lowest BCUT2D eigenvalue weighted by Gasteiger charge is -2.33. The summed E-state index contributed by atoms with van der Waals surface area (Å²) >= 11 is 1.47. The minimum Gasteiger partial charge on any atom is -0.371 e. The van der Waals surface area contributed by atoms with Crippen LogP contribution in [0.5, 0.6) is 0 Å². The molecule has 10 heteroatoms. The third kappa shape index (κ3) is 5.87. The molecule has 6 nitrogen and oxygen atoms in total. The van der Waals surface area contributed by atoms with Crippen LogP contribution < -0.4 is 4.90 Å². The van der Waals surface area contributed by atoms with E-state index in [-0.39, 0.29) is 37.4 Å². The fraction of sp³-hybridized carbons (Fsp3) is 0.516. The van der Waals surface area contributed by atoms with Crippen LogP contribution in [0, 0.1) is 29.6 Å². The molecule has 0 unspecified atom stereocenters. The number of nitriles is 1. The first-order valence-corrected chi connectivity index (χ1v) is 15.1. The highest BCUT2D eigenvalue weighted by Crippen LogP contribution is 2.52. The van der Waals surface area contributed by atoms with E-state index in [2.05, 4.69) is 16.3 Å². The van der Waals surface area contributed by atoms with Crippen LogP contribution in [0.2, 0.25) is 0 Å². The van der Waals surface area contributed by atoms with Crippen molar-refractivity contribution in [1.82, 2.24) is 15.2 Å². The van der Waals surface area contributed by atoms with Gasteiger partial charge < -0.3 is 4.90 Å². The molecule has 1 aromatic carbocycles. The van der Waals surface area contributed by atoms with Crippen molar-refractivity contribution in [2.75, 3.05) is 18.0 Å². The van der Waals surface area contributed by atoms with Crippen molar-refractivity contribution in [3.63, 3.8) is 0 Å². The molecule has 0 N–H and O–H groups in total. The van der Waals surface area contributed by atoms with E-state index < -0.39 is 23.4 Å². The Bertz CT molecular complexity index is 1450. The molecule has 2 saturated carbocycles. The lowest BCUT2D eigenvalue weighted by atomic mass is 9.72. The smallest absolute Gasteiger partial charge is 0.251 e. The van der Waals surface area contributed by atoms with Crippen LogP contribution in [0.15, 0.2) is 36.4 Å². The second kappa shape index (κ2) is 10.8. The number of carbonyl (C=O) groups excluding carboxylic acids is 1. The Balaban J connectivity index is 1.35. The highest BCUT2D eigenvalue weighted by Gasteiger charge is 2.48. The van der Waals surface area contributed by atoms with Gasteiger partial charge in [0.05, 0.1) is 27.7 Å². The molecule has 2 aliphatic carbocycles. The summed E-state index contributed by atoms with van der Waals surface area (Å²) in [5.74, 6) is -3.48. The summed E-state index contributed by atoms with van der Waals surface area (Å²) in [6.45, 7) is 2.46. The summed E-state index contributed by atoms with van der Waals surface area (Å²) < 4.78 is 42.1. The zero-order valence-electron chi connectivity index (χ0n) is 23.0. The van der Waals surface area contributed by atoms with Gasteiger partial charge in [-0.2, -0.15) is 10.4 Å². The lowest BCUT2D eigenvalue weighted by molar-refractivity contribution is -0.126. The van der Waals surface area contributed by atoms with Crippen LogP contribution in [0.4, 0.5) is 18.9 Å². The van der Waals surface area contributed by atoms with Gasteiger partial charge in [-0.15, -0.1) is 16.4 Å². The van der Waals surface area contributed by atoms with Gasteiger partial charge in [-0.05, 0) is 68.9 Å². The number of aryl methyl sites for hydroxylation is 1. The molecule has 2 aromatic heterocycles. The minimum absolute atomic E-state index is 0.0516. The Labute approximate surface area is 241 Å². The van der Waals surface area contributed by atoms with Crippen LogP contribution in [0.3, 0.4) is 0 Å². The van der Waals surface area contributed by atoms with Gasteiger partial charge in [0, 0.05) is 49.9 Å². The van der Waals surface area contributed by atoms with Gasteiger partial charge in [-0.25, -0.2) is 18.2 Å². The Kier molecular flexibility index (Phi) is 7.35. The molecule has 0 bridgehead atoms. The van der Waals surface area contributed by atoms with E-state index in [0.29, 0.717) is 49.5 Å². The SMILES string of the molecule is Cc1ccc(-c2nc([C@@H]3CC[C@H](F)C[C@H]3C(=O)CC3(C#N)CC3)c(-c3ccc(N4CCC(F)(F)CC4)cc3)s2)nn1. The van der Waals surface area contributed by atoms with Crippen molar-refractivity contribution in [2.24, 2.45) is 11.3 Å². The molecule has 0 spiro atoms. The predicted molar refractivity (Wildman–Crippen MR) is 152 cm³/mol. The number of ketones is 1. The van der Waals surface area contributed by atoms with Gasteiger partial charge >= 0.3 is 0 Å². The van der Waals surface area contributed by atoms with Crippen molar-refractivity contribution in [1.29, 1.82) is 5.26 Å². The molecule has 3 aliphatic rings. The first-order chi connectivity index (χ1) is 19.7. The predicted octanol–water partition coefficient (Wildman–Crippen LogP) is 7.30. The number of rotatable bonds is 7. The summed E-state index contributed by atoms with van der Waals surface area (Å²) in [5, 5.41) is 18.8. The lowest BCUT2D eigenvalue weighted by Crippen LogP contribution is -2.39. The maximum atomic E-state index is 14.7. The zero-order valence-corrected chi connectivity index (χ0v) is 23.8. The van der Waals surface area contributed by atoms with Gasteiger partial charge in [0.15, 0.2) is 0 Å². The summed E-state index contributed by atoms with van der Waals surface area (Å²) in [7, 11) is 0. The number of Topliss-reactive ketones (excluding diaryl/α,β-unsaturated/α-hetero) is 1. The molecule has 3 aromatic rings. The first-order valence-electron chi connectivity index (χ1n) is 14.3. The van der Waals surface area contributed by atoms with Crippen molar-refractivity contribution >= 4 is 22.8 Å². The highest BCUT2D eigenvalue weighted by molar-refractivity contribution is 7.18. The zero-order chi connectivity index (χ0) is 28.8. The molecule has 0 radical (unpaired) electrons. The van der Waals surface area contributed by atoms with E-state index in [1.165, 1.54) is 11.3 Å². The van der Waals surface area contributed by atoms with E-state index in [1.807, 2.05) is 48.2 Å². The summed E-state index contributed by atoms with van der Waals surface area (Å²) in [4.78, 5) is 21.4. The molecular formula is C31H32F3N5OS. The van der Waals surface area contributed by atoms with Gasteiger partial charge in [0.25, 0.3) is 5.92 Å². The number of thiazole rings is 1. The fourth-order valence-electron chi connectivity index (χ4n) is 6.07. The van der Waals surface area contributed by atoms with Crippen molar-refractivity contribution in [2.45, 2.75) is 76.3 Å². The van der Waals surface area contributed by atoms with E-state index in [1.54, 1.807) is 0 Å². The largest absolute Gasteiger partial charge is 0.371 e. The van der Waals surface area contributed by atoms with Crippen LogP contribution in [0.25, 0.3) is 21.1 Å². The van der Waals surface area contributed by atoms with Gasteiger partial charge in [0.2, 0.25) is 0 Å². The topological polar surface area (TPSA) is 82.8 Å². The van der Waals surface area contributed by atoms with Gasteiger partial charge in [0.1, 0.15) is 22.7 Å². The number of alkyl halides is 3. The first kappa shape index (κ1) is 27.8. The van der Waals surface area contributed by atoms with E-state index in [4.69, 9.17) is 4.98 Å². The molecule has 3 heterocycles. The number of halogens is 3. The van der Waals surface area contributed by atoms with E-state index >= 15 is 0 Å². The number of benzene rings is 1. The third-order valence-corrected chi connectivity index (χ3v) is 9.96. The number of hydrogen-bond donors (Lipinski definition) is 0. The van der Waals surface area contributed by atoms with Crippen molar-refractivity contribution in [3.05, 3.63) is 47.8 Å². The second-order valence-corrected chi connectivity index (χ2v) is 12.8. The Morgan fingerprint density at radius 1 is 1.07 bits per heavy atom. The van der Waals surface area contributed by atoms with Crippen LogP contribution in [-0.4, -0.2) is 46.1 Å². The van der Waals surface area contributed by atoms with Gasteiger partial charge in [-0.1, -0.05) is 12.1 Å². The fourth-order valence-corrected chi connectivity index (χ4v) is 7.18. The average Bonchev–Trinajstić information content (AvgIpc) is 3.60. The number of aromatic nitrogens is 3. The number of anilines is 1. The number of nitrogens with zero attached hydrogens (tertiary/aromatic N) is 5. The van der Waals surface area contributed by atoms with Gasteiger partial charge in [-0.3, -0.25) is 4.79 Å². The Morgan fingerprint density at radius 2 is 1.80 bits per heavy atom. The summed E-state index contributed by atoms with van der Waals surface area (Å²) in [6.07, 6.45) is 1.20. The molecule has 41 heavy (non-hydrogen) atoms. The monoisotopic (exact) mass is 579 g/mol. The second-order valence-electron chi connectivity index (χ2n) is 11.8. The molecular weight excluding hydrogens is 547 g/mol. The van der Waals surface area contributed by atoms with Crippen LogP contribution in [-0.2, 0) is 4.79 Å². The molecule has 1 saturated heterocycles. The summed E-state index contributed by atoms with van der Waals surface area (Å²) in [5.41, 5.74) is 3.37. The van der Waals surface area contributed by atoms with Crippen LogP contribution in [0.1, 0.15) is 68.7 Å². The number of carbonyl (C=O) groups is 1. The maximum Gasteiger partial charge on any atom is 0.251 e. The Morgan fingerprint density at radius 3 is 2.44 bits per heavy atom. The molecule has 1 aliphatic heterocycles. The standard InChI is InChI=1S/C31H32F3N5OS/c1-19-2-9-25(38-37-19)29-36-27(23-8-5-21(32)16-24(23)26(40)17-30(18-35)10-11-30)28(41-29)20-3-6-22(7-4-20)39-14-12-31(33,34)13-15-39/h2-4,6-7,9,21,23-24H,5,8,10-17H2,1H3/t21-,23+,24+/m0/s1. The molecule has 0 amide bonds.